The number of hydrogen-bond acceptors (Lipinski definition) is 2. The lowest BCUT2D eigenvalue weighted by Gasteiger charge is -2.27. The van der Waals surface area contributed by atoms with Crippen LogP contribution in [0.25, 0.3) is 0 Å². The van der Waals surface area contributed by atoms with Crippen LogP contribution in [-0.4, -0.2) is 40.3 Å². The highest BCUT2D eigenvalue weighted by atomic mass is 16.2. The maximum Gasteiger partial charge on any atom is 0.317 e. The summed E-state index contributed by atoms with van der Waals surface area (Å²) >= 11 is 0. The molecule has 82 valence electrons. The maximum absolute atomic E-state index is 11.4. The maximum atomic E-state index is 11.4. The van der Waals surface area contributed by atoms with Crippen LogP contribution in [-0.2, 0) is 13.5 Å². The molecule has 0 spiro atoms. The van der Waals surface area contributed by atoms with Gasteiger partial charge in [-0.25, -0.2) is 4.79 Å². The predicted molar refractivity (Wildman–Crippen MR) is 56.5 cm³/mol. The smallest absolute Gasteiger partial charge is 0.317 e. The number of nitrogens with zero attached hydrogens (tertiary/aromatic N) is 3. The van der Waals surface area contributed by atoms with E-state index in [0.29, 0.717) is 0 Å². The summed E-state index contributed by atoms with van der Waals surface area (Å²) in [6.07, 6.45) is 3.69. The van der Waals surface area contributed by atoms with E-state index in [2.05, 4.69) is 10.4 Å². The molecule has 0 saturated carbocycles. The van der Waals surface area contributed by atoms with Gasteiger partial charge >= 0.3 is 6.03 Å². The first-order valence-corrected chi connectivity index (χ1v) is 5.27. The number of aromatic nitrogens is 2. The molecule has 2 amide bonds. The molecule has 0 bridgehead atoms. The van der Waals surface area contributed by atoms with Crippen molar-refractivity contribution in [2.75, 3.05) is 19.6 Å². The van der Waals surface area contributed by atoms with Gasteiger partial charge in [0.05, 0.1) is 0 Å². The van der Waals surface area contributed by atoms with Crippen molar-refractivity contribution in [2.45, 2.75) is 12.8 Å². The minimum atomic E-state index is 0.0587. The Hall–Kier alpha value is -1.52. The molecule has 0 unspecified atom stereocenters. The van der Waals surface area contributed by atoms with Crippen LogP contribution in [0.5, 0.6) is 0 Å². The van der Waals surface area contributed by atoms with Crippen molar-refractivity contribution in [2.24, 2.45) is 7.05 Å². The van der Waals surface area contributed by atoms with Gasteiger partial charge in [-0.15, -0.1) is 0 Å². The molecule has 0 aliphatic carbocycles. The molecule has 5 heteroatoms. The van der Waals surface area contributed by atoms with Crippen LogP contribution in [0.15, 0.2) is 12.3 Å². The van der Waals surface area contributed by atoms with Gasteiger partial charge in [0.2, 0.25) is 0 Å². The Morgan fingerprint density at radius 2 is 2.47 bits per heavy atom. The van der Waals surface area contributed by atoms with Gasteiger partial charge in [-0.1, -0.05) is 0 Å². The predicted octanol–water partition coefficient (Wildman–Crippen LogP) is 0.378. The van der Waals surface area contributed by atoms with Crippen LogP contribution in [0, 0.1) is 0 Å². The zero-order valence-corrected chi connectivity index (χ0v) is 8.94. The third-order valence-corrected chi connectivity index (χ3v) is 2.73. The highest BCUT2D eigenvalue weighted by Crippen LogP contribution is 2.03. The summed E-state index contributed by atoms with van der Waals surface area (Å²) in [6.45, 7) is 2.44. The number of nitrogens with one attached hydrogen (secondary N) is 1. The third kappa shape index (κ3) is 2.29. The minimum Gasteiger partial charge on any atom is -0.338 e. The molecular weight excluding hydrogens is 192 g/mol. The van der Waals surface area contributed by atoms with Gasteiger partial charge < -0.3 is 10.2 Å². The van der Waals surface area contributed by atoms with Gasteiger partial charge in [0.25, 0.3) is 0 Å². The number of amides is 2. The van der Waals surface area contributed by atoms with Gasteiger partial charge in [-0.3, -0.25) is 4.68 Å². The van der Waals surface area contributed by atoms with Gasteiger partial charge in [-0.2, -0.15) is 5.10 Å². The second-order valence-electron chi connectivity index (χ2n) is 3.77. The lowest BCUT2D eigenvalue weighted by Crippen LogP contribution is -2.47. The fourth-order valence-electron chi connectivity index (χ4n) is 1.79. The van der Waals surface area contributed by atoms with Crippen molar-refractivity contribution in [3.63, 3.8) is 0 Å². The van der Waals surface area contributed by atoms with Crippen LogP contribution in [0.3, 0.4) is 0 Å². The van der Waals surface area contributed by atoms with Crippen LogP contribution in [0.2, 0.25) is 0 Å². The number of urea groups is 1. The highest BCUT2D eigenvalue weighted by molar-refractivity contribution is 5.74. The zero-order chi connectivity index (χ0) is 10.7. The lowest BCUT2D eigenvalue weighted by molar-refractivity contribution is 0.186. The fraction of sp³-hybridized carbons (Fsp3) is 0.600. The van der Waals surface area contributed by atoms with Crippen LogP contribution < -0.4 is 5.32 Å². The normalized spacial score (nSPS) is 16.6. The molecule has 5 nitrogen and oxygen atoms in total. The molecule has 1 aromatic heterocycles. The van der Waals surface area contributed by atoms with Crippen molar-refractivity contribution >= 4 is 6.03 Å². The summed E-state index contributed by atoms with van der Waals surface area (Å²) < 4.78 is 1.85. The summed E-state index contributed by atoms with van der Waals surface area (Å²) in [5, 5.41) is 6.94. The van der Waals surface area contributed by atoms with E-state index in [0.717, 1.165) is 38.2 Å². The Bertz CT molecular complexity index is 347. The molecule has 2 heterocycles. The Labute approximate surface area is 89.1 Å². The van der Waals surface area contributed by atoms with E-state index in [1.807, 2.05) is 22.7 Å². The van der Waals surface area contributed by atoms with E-state index in [9.17, 15) is 4.79 Å². The zero-order valence-electron chi connectivity index (χ0n) is 8.94. The van der Waals surface area contributed by atoms with Crippen LogP contribution in [0.1, 0.15) is 12.1 Å². The van der Waals surface area contributed by atoms with Gasteiger partial charge in [0, 0.05) is 45.0 Å². The first-order chi connectivity index (χ1) is 7.27. The second-order valence-corrected chi connectivity index (χ2v) is 3.77. The number of carbonyl (C=O) groups is 1. The monoisotopic (exact) mass is 208 g/mol. The van der Waals surface area contributed by atoms with Crippen molar-refractivity contribution in [1.29, 1.82) is 0 Å². The van der Waals surface area contributed by atoms with Crippen molar-refractivity contribution in [3.05, 3.63) is 18.0 Å². The minimum absolute atomic E-state index is 0.0587. The van der Waals surface area contributed by atoms with Crippen LogP contribution in [0.4, 0.5) is 4.79 Å². The third-order valence-electron chi connectivity index (χ3n) is 2.73. The van der Waals surface area contributed by atoms with Crippen molar-refractivity contribution in [1.82, 2.24) is 20.0 Å². The summed E-state index contributed by atoms with van der Waals surface area (Å²) in [5.74, 6) is 0. The molecule has 1 aliphatic heterocycles. The highest BCUT2D eigenvalue weighted by Gasteiger charge is 2.16. The summed E-state index contributed by atoms with van der Waals surface area (Å²) in [7, 11) is 1.92. The largest absolute Gasteiger partial charge is 0.338 e. The Morgan fingerprint density at radius 3 is 3.13 bits per heavy atom. The first kappa shape index (κ1) is 10.0. The van der Waals surface area contributed by atoms with Crippen molar-refractivity contribution < 1.29 is 4.79 Å². The molecule has 1 N–H and O–H groups in total. The van der Waals surface area contributed by atoms with Gasteiger partial charge in [0.15, 0.2) is 0 Å². The number of rotatable bonds is 3. The fourth-order valence-corrected chi connectivity index (χ4v) is 1.79. The summed E-state index contributed by atoms with van der Waals surface area (Å²) in [6, 6.07) is 2.05. The molecule has 1 fully saturated rings. The van der Waals surface area contributed by atoms with Crippen LogP contribution >= 0.6 is 0 Å². The lowest BCUT2D eigenvalue weighted by atomic mass is 10.2. The van der Waals surface area contributed by atoms with Gasteiger partial charge in [0.1, 0.15) is 0 Å². The summed E-state index contributed by atoms with van der Waals surface area (Å²) in [4.78, 5) is 13.3. The van der Waals surface area contributed by atoms with Gasteiger partial charge in [-0.05, 0) is 12.5 Å². The molecule has 0 atom stereocenters. The SMILES string of the molecule is Cn1nccc1CCN1CCCNC1=O. The molecule has 1 aliphatic rings. The molecular formula is C10H16N4O. The van der Waals surface area contributed by atoms with E-state index < -0.39 is 0 Å². The topological polar surface area (TPSA) is 50.2 Å². The average Bonchev–Trinajstić information content (AvgIpc) is 2.63. The number of aryl methyl sites for hydroxylation is 1. The first-order valence-electron chi connectivity index (χ1n) is 5.27. The second kappa shape index (κ2) is 4.33. The molecule has 0 radical (unpaired) electrons. The average molecular weight is 208 g/mol. The quantitative estimate of drug-likeness (QED) is 0.780. The molecule has 15 heavy (non-hydrogen) atoms. The van der Waals surface area contributed by atoms with E-state index in [4.69, 9.17) is 0 Å². The number of carbonyl (C=O) groups excluding carboxylic acids is 1. The molecule has 1 saturated heterocycles. The molecule has 2 rings (SSSR count). The van der Waals surface area contributed by atoms with E-state index in [-0.39, 0.29) is 6.03 Å². The molecule has 1 aromatic rings. The number of hydrogen-bond donors (Lipinski definition) is 1. The Morgan fingerprint density at radius 1 is 1.60 bits per heavy atom. The van der Waals surface area contributed by atoms with E-state index in [1.54, 1.807) is 6.20 Å². The van der Waals surface area contributed by atoms with Crippen molar-refractivity contribution in [3.8, 4) is 0 Å². The summed E-state index contributed by atoms with van der Waals surface area (Å²) in [5.41, 5.74) is 1.16. The Kier molecular flexibility index (Phi) is 2.89. The standard InChI is InChI=1S/C10H16N4O/c1-13-9(3-6-12-13)4-8-14-7-2-5-11-10(14)15/h3,6H,2,4-5,7-8H2,1H3,(H,11,15). The van der Waals surface area contributed by atoms with E-state index in [1.165, 1.54) is 0 Å². The Balaban J connectivity index is 1.87. The molecule has 0 aromatic carbocycles. The van der Waals surface area contributed by atoms with E-state index >= 15 is 0 Å².